The molecule has 5 heteroatoms. The molecule has 2 heterocycles. The van der Waals surface area contributed by atoms with E-state index < -0.39 is 0 Å². The molecule has 0 aliphatic rings. The van der Waals surface area contributed by atoms with E-state index in [9.17, 15) is 0 Å². The first-order valence-corrected chi connectivity index (χ1v) is 7.60. The van der Waals surface area contributed by atoms with E-state index in [2.05, 4.69) is 33.4 Å². The van der Waals surface area contributed by atoms with Crippen molar-refractivity contribution in [2.75, 3.05) is 17.3 Å². The molecule has 1 atom stereocenters. The Bertz CT molecular complexity index is 530. The summed E-state index contributed by atoms with van der Waals surface area (Å²) in [4.78, 5) is 13.1. The Kier molecular flexibility index (Phi) is 4.74. The SMILES string of the molecule is CSCC(C)Nc1cc(C)nc(-c2cccnc2)n1. The van der Waals surface area contributed by atoms with Crippen LogP contribution in [-0.4, -0.2) is 33.0 Å². The van der Waals surface area contributed by atoms with Crippen LogP contribution in [0.1, 0.15) is 12.6 Å². The van der Waals surface area contributed by atoms with Crippen LogP contribution in [0.5, 0.6) is 0 Å². The first kappa shape index (κ1) is 13.8. The fourth-order valence-corrected chi connectivity index (χ4v) is 2.39. The van der Waals surface area contributed by atoms with E-state index in [1.54, 1.807) is 12.4 Å². The number of thioether (sulfide) groups is 1. The van der Waals surface area contributed by atoms with Gasteiger partial charge in [0.05, 0.1) is 0 Å². The predicted octanol–water partition coefficient (Wildman–Crippen LogP) is 3.01. The van der Waals surface area contributed by atoms with Crippen LogP contribution in [-0.2, 0) is 0 Å². The number of rotatable bonds is 5. The van der Waals surface area contributed by atoms with Crippen LogP contribution in [0.25, 0.3) is 11.4 Å². The van der Waals surface area contributed by atoms with Crippen molar-refractivity contribution in [2.45, 2.75) is 19.9 Å². The van der Waals surface area contributed by atoms with Gasteiger partial charge in [0.25, 0.3) is 0 Å². The van der Waals surface area contributed by atoms with Crippen molar-refractivity contribution in [3.05, 3.63) is 36.3 Å². The van der Waals surface area contributed by atoms with Crippen molar-refractivity contribution in [1.29, 1.82) is 0 Å². The van der Waals surface area contributed by atoms with E-state index in [-0.39, 0.29) is 0 Å². The largest absolute Gasteiger partial charge is 0.367 e. The minimum absolute atomic E-state index is 0.381. The molecule has 0 radical (unpaired) electrons. The standard InChI is InChI=1S/C14H18N4S/c1-10-7-13(16-11(2)9-19-3)18-14(17-10)12-5-4-6-15-8-12/h4-8,11H,9H2,1-3H3,(H,16,17,18). The van der Waals surface area contributed by atoms with Gasteiger partial charge in [0.1, 0.15) is 5.82 Å². The second-order valence-electron chi connectivity index (χ2n) is 4.46. The molecule has 1 unspecified atom stereocenters. The average molecular weight is 274 g/mol. The third-order valence-corrected chi connectivity index (χ3v) is 3.42. The maximum absolute atomic E-state index is 4.55. The molecule has 0 spiro atoms. The van der Waals surface area contributed by atoms with Crippen LogP contribution in [0, 0.1) is 6.92 Å². The molecule has 0 aliphatic carbocycles. The topological polar surface area (TPSA) is 50.7 Å². The number of pyridine rings is 1. The highest BCUT2D eigenvalue weighted by atomic mass is 32.2. The lowest BCUT2D eigenvalue weighted by Crippen LogP contribution is -2.19. The van der Waals surface area contributed by atoms with Crippen molar-refractivity contribution in [3.63, 3.8) is 0 Å². The van der Waals surface area contributed by atoms with Gasteiger partial charge in [-0.25, -0.2) is 9.97 Å². The molecule has 0 saturated heterocycles. The van der Waals surface area contributed by atoms with Gasteiger partial charge in [-0.15, -0.1) is 0 Å². The van der Waals surface area contributed by atoms with Gasteiger partial charge in [0, 0.05) is 41.5 Å². The zero-order chi connectivity index (χ0) is 13.7. The van der Waals surface area contributed by atoms with Gasteiger partial charge in [0.2, 0.25) is 0 Å². The first-order valence-electron chi connectivity index (χ1n) is 6.20. The highest BCUT2D eigenvalue weighted by Crippen LogP contribution is 2.17. The summed E-state index contributed by atoms with van der Waals surface area (Å²) in [6.45, 7) is 4.13. The van der Waals surface area contributed by atoms with Gasteiger partial charge in [-0.2, -0.15) is 11.8 Å². The summed E-state index contributed by atoms with van der Waals surface area (Å²) in [7, 11) is 0. The monoisotopic (exact) mass is 274 g/mol. The highest BCUT2D eigenvalue weighted by molar-refractivity contribution is 7.98. The number of nitrogens with one attached hydrogen (secondary N) is 1. The van der Waals surface area contributed by atoms with Crippen molar-refractivity contribution >= 4 is 17.6 Å². The maximum Gasteiger partial charge on any atom is 0.163 e. The van der Waals surface area contributed by atoms with E-state index in [1.165, 1.54) is 0 Å². The van der Waals surface area contributed by atoms with Gasteiger partial charge >= 0.3 is 0 Å². The van der Waals surface area contributed by atoms with Gasteiger partial charge in [-0.1, -0.05) is 0 Å². The Labute approximate surface area is 118 Å². The second kappa shape index (κ2) is 6.52. The lowest BCUT2D eigenvalue weighted by atomic mass is 10.2. The fraction of sp³-hybridized carbons (Fsp3) is 0.357. The molecule has 0 bridgehead atoms. The van der Waals surface area contributed by atoms with Gasteiger partial charge in [-0.3, -0.25) is 4.98 Å². The molecule has 100 valence electrons. The molecule has 19 heavy (non-hydrogen) atoms. The lowest BCUT2D eigenvalue weighted by Gasteiger charge is -2.14. The number of anilines is 1. The molecule has 4 nitrogen and oxygen atoms in total. The maximum atomic E-state index is 4.55. The van der Waals surface area contributed by atoms with Crippen LogP contribution in [0.3, 0.4) is 0 Å². The summed E-state index contributed by atoms with van der Waals surface area (Å²) in [5.74, 6) is 2.63. The number of hydrogen-bond donors (Lipinski definition) is 1. The van der Waals surface area contributed by atoms with E-state index in [4.69, 9.17) is 0 Å². The van der Waals surface area contributed by atoms with Crippen LogP contribution < -0.4 is 5.32 Å². The van der Waals surface area contributed by atoms with E-state index >= 15 is 0 Å². The minimum atomic E-state index is 0.381. The predicted molar refractivity (Wildman–Crippen MR) is 81.5 cm³/mol. The molecule has 1 N–H and O–H groups in total. The zero-order valence-electron chi connectivity index (χ0n) is 11.4. The summed E-state index contributed by atoms with van der Waals surface area (Å²) < 4.78 is 0. The average Bonchev–Trinajstić information content (AvgIpc) is 2.39. The van der Waals surface area contributed by atoms with Crippen LogP contribution >= 0.6 is 11.8 Å². The zero-order valence-corrected chi connectivity index (χ0v) is 12.2. The van der Waals surface area contributed by atoms with Crippen molar-refractivity contribution in [1.82, 2.24) is 15.0 Å². The molecule has 0 aromatic carbocycles. The Morgan fingerprint density at radius 2 is 2.21 bits per heavy atom. The Morgan fingerprint density at radius 1 is 1.37 bits per heavy atom. The van der Waals surface area contributed by atoms with Crippen LogP contribution in [0.15, 0.2) is 30.6 Å². The molecular formula is C14H18N4S. The Balaban J connectivity index is 2.25. The summed E-state index contributed by atoms with van der Waals surface area (Å²) >= 11 is 1.82. The summed E-state index contributed by atoms with van der Waals surface area (Å²) in [6.07, 6.45) is 5.63. The Morgan fingerprint density at radius 3 is 2.89 bits per heavy atom. The van der Waals surface area contributed by atoms with Crippen LogP contribution in [0.4, 0.5) is 5.82 Å². The quantitative estimate of drug-likeness (QED) is 0.908. The van der Waals surface area contributed by atoms with Crippen LogP contribution in [0.2, 0.25) is 0 Å². The number of nitrogens with zero attached hydrogens (tertiary/aromatic N) is 3. The number of aromatic nitrogens is 3. The summed E-state index contributed by atoms with van der Waals surface area (Å²) in [5.41, 5.74) is 1.89. The highest BCUT2D eigenvalue weighted by Gasteiger charge is 2.07. The number of hydrogen-bond acceptors (Lipinski definition) is 5. The van der Waals surface area contributed by atoms with Gasteiger partial charge < -0.3 is 5.32 Å². The smallest absolute Gasteiger partial charge is 0.163 e. The fourth-order valence-electron chi connectivity index (χ4n) is 1.81. The van der Waals surface area contributed by atoms with E-state index in [0.717, 1.165) is 22.8 Å². The van der Waals surface area contributed by atoms with Crippen molar-refractivity contribution in [3.8, 4) is 11.4 Å². The summed E-state index contributed by atoms with van der Waals surface area (Å²) in [6, 6.07) is 6.21. The third kappa shape index (κ3) is 3.92. The van der Waals surface area contributed by atoms with Crippen molar-refractivity contribution in [2.24, 2.45) is 0 Å². The molecule has 2 aromatic rings. The van der Waals surface area contributed by atoms with Gasteiger partial charge in [-0.05, 0) is 32.2 Å². The third-order valence-electron chi connectivity index (χ3n) is 2.58. The normalized spacial score (nSPS) is 12.2. The molecule has 2 rings (SSSR count). The van der Waals surface area contributed by atoms with Crippen molar-refractivity contribution < 1.29 is 0 Å². The Hall–Kier alpha value is -1.62. The molecular weight excluding hydrogens is 256 g/mol. The molecule has 0 amide bonds. The molecule has 0 saturated carbocycles. The second-order valence-corrected chi connectivity index (χ2v) is 5.37. The molecule has 0 aliphatic heterocycles. The first-order chi connectivity index (χ1) is 9.19. The number of aryl methyl sites for hydroxylation is 1. The van der Waals surface area contributed by atoms with Gasteiger partial charge in [0.15, 0.2) is 5.82 Å². The lowest BCUT2D eigenvalue weighted by molar-refractivity contribution is 0.898. The van der Waals surface area contributed by atoms with E-state index in [0.29, 0.717) is 11.9 Å². The minimum Gasteiger partial charge on any atom is -0.367 e. The molecule has 2 aromatic heterocycles. The molecule has 0 fully saturated rings. The van der Waals surface area contributed by atoms with E-state index in [1.807, 2.05) is 36.9 Å². The summed E-state index contributed by atoms with van der Waals surface area (Å²) in [5, 5.41) is 3.40.